The molecule has 0 amide bonds. The molecule has 0 aliphatic carbocycles. The Hall–Kier alpha value is -0.870. The Morgan fingerprint density at radius 3 is 3.00 bits per heavy atom. The molecule has 1 aromatic rings. The van der Waals surface area contributed by atoms with Gasteiger partial charge in [-0.15, -0.1) is 0 Å². The maximum Gasteiger partial charge on any atom is 0.137 e. The van der Waals surface area contributed by atoms with E-state index in [-0.39, 0.29) is 0 Å². The van der Waals surface area contributed by atoms with Gasteiger partial charge in [-0.1, -0.05) is 0 Å². The van der Waals surface area contributed by atoms with Crippen LogP contribution in [0.15, 0.2) is 12.4 Å². The molecule has 13 heavy (non-hydrogen) atoms. The minimum Gasteiger partial charge on any atom is -0.385 e. The monoisotopic (exact) mass is 184 g/mol. The molecule has 74 valence electrons. The van der Waals surface area contributed by atoms with E-state index in [0.717, 1.165) is 12.2 Å². The van der Waals surface area contributed by atoms with Crippen molar-refractivity contribution in [2.45, 2.75) is 18.9 Å². The van der Waals surface area contributed by atoms with Crippen molar-refractivity contribution in [1.29, 1.82) is 0 Å². The maximum absolute atomic E-state index is 9.68. The molecule has 0 saturated heterocycles. The first kappa shape index (κ1) is 10.2. The zero-order valence-electron chi connectivity index (χ0n) is 8.10. The van der Waals surface area contributed by atoms with Crippen molar-refractivity contribution in [2.24, 2.45) is 7.05 Å². The quantitative estimate of drug-likeness (QED) is 0.691. The number of rotatable bonds is 5. The number of aryl methyl sites for hydroxylation is 1. The van der Waals surface area contributed by atoms with Gasteiger partial charge < -0.3 is 14.4 Å². The molecule has 1 aromatic heterocycles. The molecule has 0 spiro atoms. The Morgan fingerprint density at radius 1 is 1.69 bits per heavy atom. The van der Waals surface area contributed by atoms with Gasteiger partial charge in [0, 0.05) is 33.2 Å². The second-order valence-corrected chi connectivity index (χ2v) is 3.05. The summed E-state index contributed by atoms with van der Waals surface area (Å²) in [5.41, 5.74) is 0. The highest BCUT2D eigenvalue weighted by molar-refractivity contribution is 4.94. The Labute approximate surface area is 78.2 Å². The summed E-state index contributed by atoms with van der Waals surface area (Å²) in [7, 11) is 3.54. The lowest BCUT2D eigenvalue weighted by Crippen LogP contribution is -2.06. The summed E-state index contributed by atoms with van der Waals surface area (Å²) < 4.78 is 6.73. The van der Waals surface area contributed by atoms with Crippen molar-refractivity contribution in [3.05, 3.63) is 18.2 Å². The normalized spacial score (nSPS) is 13.2. The Balaban J connectivity index is 2.39. The number of imidazole rings is 1. The van der Waals surface area contributed by atoms with Crippen LogP contribution in [0.3, 0.4) is 0 Å². The number of aliphatic hydroxyl groups excluding tert-OH is 1. The number of hydrogen-bond acceptors (Lipinski definition) is 3. The third-order valence-corrected chi connectivity index (χ3v) is 1.98. The third kappa shape index (κ3) is 2.82. The molecule has 1 heterocycles. The number of methoxy groups -OCH3 is 1. The van der Waals surface area contributed by atoms with E-state index in [4.69, 9.17) is 4.74 Å². The molecule has 0 radical (unpaired) electrons. The van der Waals surface area contributed by atoms with Gasteiger partial charge >= 0.3 is 0 Å². The minimum absolute atomic E-state index is 0.477. The predicted molar refractivity (Wildman–Crippen MR) is 49.3 cm³/mol. The van der Waals surface area contributed by atoms with E-state index in [1.54, 1.807) is 13.3 Å². The molecule has 1 atom stereocenters. The van der Waals surface area contributed by atoms with E-state index < -0.39 is 6.10 Å². The highest BCUT2D eigenvalue weighted by atomic mass is 16.5. The molecule has 0 aromatic carbocycles. The molecule has 0 fully saturated rings. The highest BCUT2D eigenvalue weighted by Crippen LogP contribution is 2.15. The van der Waals surface area contributed by atoms with Crippen molar-refractivity contribution in [3.63, 3.8) is 0 Å². The lowest BCUT2D eigenvalue weighted by atomic mass is 10.2. The predicted octanol–water partition coefficient (Wildman–Crippen LogP) is 0.880. The van der Waals surface area contributed by atoms with E-state index in [1.807, 2.05) is 17.8 Å². The van der Waals surface area contributed by atoms with Gasteiger partial charge in [0.1, 0.15) is 11.9 Å². The van der Waals surface area contributed by atoms with Crippen molar-refractivity contribution in [3.8, 4) is 0 Å². The van der Waals surface area contributed by atoms with Crippen LogP contribution in [-0.4, -0.2) is 28.4 Å². The van der Waals surface area contributed by atoms with Crippen molar-refractivity contribution < 1.29 is 9.84 Å². The van der Waals surface area contributed by atoms with Crippen LogP contribution in [0, 0.1) is 0 Å². The molecular weight excluding hydrogens is 168 g/mol. The topological polar surface area (TPSA) is 47.3 Å². The fourth-order valence-electron chi connectivity index (χ4n) is 1.25. The van der Waals surface area contributed by atoms with E-state index in [2.05, 4.69) is 4.98 Å². The van der Waals surface area contributed by atoms with E-state index in [0.29, 0.717) is 13.0 Å². The van der Waals surface area contributed by atoms with Crippen molar-refractivity contribution in [1.82, 2.24) is 9.55 Å². The van der Waals surface area contributed by atoms with Gasteiger partial charge in [0.15, 0.2) is 0 Å². The lowest BCUT2D eigenvalue weighted by Gasteiger charge is -2.09. The molecule has 0 saturated carbocycles. The number of hydrogen-bond donors (Lipinski definition) is 1. The summed E-state index contributed by atoms with van der Waals surface area (Å²) in [5, 5.41) is 9.68. The lowest BCUT2D eigenvalue weighted by molar-refractivity contribution is 0.128. The summed E-state index contributed by atoms with van der Waals surface area (Å²) in [6.07, 6.45) is 4.59. The molecular formula is C9H16N2O2. The molecule has 1 unspecified atom stereocenters. The Kier molecular flexibility index (Phi) is 3.92. The van der Waals surface area contributed by atoms with Gasteiger partial charge in [-0.25, -0.2) is 4.98 Å². The first-order valence-electron chi connectivity index (χ1n) is 4.40. The largest absolute Gasteiger partial charge is 0.385 e. The molecule has 4 heteroatoms. The van der Waals surface area contributed by atoms with E-state index in [1.165, 1.54) is 0 Å². The summed E-state index contributed by atoms with van der Waals surface area (Å²) in [6.45, 7) is 0.682. The van der Waals surface area contributed by atoms with Gasteiger partial charge in [0.2, 0.25) is 0 Å². The molecule has 4 nitrogen and oxygen atoms in total. The van der Waals surface area contributed by atoms with Crippen LogP contribution in [0.25, 0.3) is 0 Å². The van der Waals surface area contributed by atoms with E-state index >= 15 is 0 Å². The molecule has 0 bridgehead atoms. The summed E-state index contributed by atoms with van der Waals surface area (Å²) >= 11 is 0. The average molecular weight is 184 g/mol. The number of ether oxygens (including phenoxy) is 1. The Bertz CT molecular complexity index is 248. The minimum atomic E-state index is -0.477. The number of aliphatic hydroxyl groups is 1. The second kappa shape index (κ2) is 4.99. The fraction of sp³-hybridized carbons (Fsp3) is 0.667. The van der Waals surface area contributed by atoms with Crippen LogP contribution in [0.1, 0.15) is 24.8 Å². The van der Waals surface area contributed by atoms with Gasteiger partial charge in [-0.3, -0.25) is 0 Å². The van der Waals surface area contributed by atoms with Crippen LogP contribution >= 0.6 is 0 Å². The SMILES string of the molecule is COCCCC(O)c1nccn1C. The van der Waals surface area contributed by atoms with Crippen LogP contribution in [0.4, 0.5) is 0 Å². The second-order valence-electron chi connectivity index (χ2n) is 3.05. The molecule has 0 aliphatic rings. The van der Waals surface area contributed by atoms with E-state index in [9.17, 15) is 5.11 Å². The van der Waals surface area contributed by atoms with Crippen molar-refractivity contribution >= 4 is 0 Å². The standard InChI is InChI=1S/C9H16N2O2/c1-11-6-5-10-9(11)8(12)4-3-7-13-2/h5-6,8,12H,3-4,7H2,1-2H3. The Morgan fingerprint density at radius 2 is 2.46 bits per heavy atom. The van der Waals surface area contributed by atoms with Crippen LogP contribution in [0.5, 0.6) is 0 Å². The maximum atomic E-state index is 9.68. The smallest absolute Gasteiger partial charge is 0.137 e. The molecule has 1 rings (SSSR count). The molecule has 0 aliphatic heterocycles. The number of nitrogens with zero attached hydrogens (tertiary/aromatic N) is 2. The van der Waals surface area contributed by atoms with Crippen LogP contribution in [-0.2, 0) is 11.8 Å². The van der Waals surface area contributed by atoms with Gasteiger partial charge in [-0.05, 0) is 12.8 Å². The number of aromatic nitrogens is 2. The molecule has 1 N–H and O–H groups in total. The first-order chi connectivity index (χ1) is 6.25. The van der Waals surface area contributed by atoms with Gasteiger partial charge in [0.25, 0.3) is 0 Å². The third-order valence-electron chi connectivity index (χ3n) is 1.98. The zero-order valence-corrected chi connectivity index (χ0v) is 8.10. The highest BCUT2D eigenvalue weighted by Gasteiger charge is 2.10. The first-order valence-corrected chi connectivity index (χ1v) is 4.40. The summed E-state index contributed by atoms with van der Waals surface area (Å²) in [5.74, 6) is 0.719. The fourth-order valence-corrected chi connectivity index (χ4v) is 1.25. The zero-order chi connectivity index (χ0) is 9.68. The van der Waals surface area contributed by atoms with Crippen LogP contribution < -0.4 is 0 Å². The van der Waals surface area contributed by atoms with Gasteiger partial charge in [0.05, 0.1) is 0 Å². The summed E-state index contributed by atoms with van der Waals surface area (Å²) in [6, 6.07) is 0. The van der Waals surface area contributed by atoms with Gasteiger partial charge in [-0.2, -0.15) is 0 Å². The van der Waals surface area contributed by atoms with Crippen LogP contribution in [0.2, 0.25) is 0 Å². The summed E-state index contributed by atoms with van der Waals surface area (Å²) in [4.78, 5) is 4.07. The average Bonchev–Trinajstić information content (AvgIpc) is 2.52. The van der Waals surface area contributed by atoms with Crippen molar-refractivity contribution in [2.75, 3.05) is 13.7 Å².